The molecule has 0 bridgehead atoms. The second kappa shape index (κ2) is 6.55. The molecule has 1 aromatic heterocycles. The minimum Gasteiger partial charge on any atom is -0.497 e. The number of hydrogen-bond acceptors (Lipinski definition) is 4. The van der Waals surface area contributed by atoms with Crippen molar-refractivity contribution in [2.75, 3.05) is 12.4 Å². The second-order valence-electron chi connectivity index (χ2n) is 5.02. The molecule has 0 radical (unpaired) electrons. The van der Waals surface area contributed by atoms with Crippen LogP contribution in [0, 0.1) is 0 Å². The minimum atomic E-state index is -0.596. The quantitative estimate of drug-likeness (QED) is 0.722. The number of nitrogens with zero attached hydrogens (tertiary/aromatic N) is 1. The monoisotopic (exact) mass is 361 g/mol. The minimum absolute atomic E-state index is 0.253. The van der Waals surface area contributed by atoms with E-state index in [-0.39, 0.29) is 5.56 Å². The first kappa shape index (κ1) is 16.4. The number of amides is 1. The lowest BCUT2D eigenvalue weighted by Crippen LogP contribution is -2.14. The van der Waals surface area contributed by atoms with Gasteiger partial charge in [-0.15, -0.1) is 0 Å². The Morgan fingerprint density at radius 2 is 2.04 bits per heavy atom. The number of halogens is 2. The molecule has 2 aromatic carbocycles. The summed E-state index contributed by atoms with van der Waals surface area (Å²) in [5, 5.41) is 4.62. The van der Waals surface area contributed by atoms with Crippen LogP contribution in [0.4, 0.5) is 11.4 Å². The first-order valence-corrected chi connectivity index (χ1v) is 7.74. The van der Waals surface area contributed by atoms with E-state index in [1.165, 1.54) is 6.20 Å². The van der Waals surface area contributed by atoms with Gasteiger partial charge in [0.15, 0.2) is 0 Å². The van der Waals surface area contributed by atoms with Crippen molar-refractivity contribution in [2.24, 2.45) is 5.73 Å². The standard InChI is InChI=1S/C17H13Cl2N3O2/c1-24-9-5-6-10-14(7-9)21-8-11(17(20)23)16(10)22-13-4-2-3-12(18)15(13)19/h2-8H,1H3,(H2,20,23)(H,21,22). The van der Waals surface area contributed by atoms with Crippen LogP contribution >= 0.6 is 23.2 Å². The van der Waals surface area contributed by atoms with E-state index in [0.717, 1.165) is 0 Å². The Morgan fingerprint density at radius 3 is 2.75 bits per heavy atom. The number of nitrogens with one attached hydrogen (secondary N) is 1. The van der Waals surface area contributed by atoms with Crippen LogP contribution in [0.3, 0.4) is 0 Å². The molecular formula is C17H13Cl2N3O2. The van der Waals surface area contributed by atoms with Gasteiger partial charge >= 0.3 is 0 Å². The molecule has 1 amide bonds. The Bertz CT molecular complexity index is 945. The highest BCUT2D eigenvalue weighted by Gasteiger charge is 2.15. The molecule has 122 valence electrons. The molecule has 3 aromatic rings. The molecule has 3 N–H and O–H groups in total. The van der Waals surface area contributed by atoms with Crippen molar-refractivity contribution in [1.29, 1.82) is 0 Å². The maximum absolute atomic E-state index is 11.8. The number of methoxy groups -OCH3 is 1. The zero-order chi connectivity index (χ0) is 17.3. The van der Waals surface area contributed by atoms with Crippen LogP contribution in [0.25, 0.3) is 10.9 Å². The third kappa shape index (κ3) is 2.96. The molecule has 0 atom stereocenters. The molecule has 0 aliphatic rings. The number of nitrogens with two attached hydrogens (primary N) is 1. The number of fused-ring (bicyclic) bond motifs is 1. The van der Waals surface area contributed by atoms with E-state index in [0.29, 0.717) is 38.1 Å². The third-order valence-electron chi connectivity index (χ3n) is 3.55. The molecule has 5 nitrogen and oxygen atoms in total. The van der Waals surface area contributed by atoms with Gasteiger partial charge in [0.05, 0.1) is 39.6 Å². The number of hydrogen-bond donors (Lipinski definition) is 2. The van der Waals surface area contributed by atoms with Gasteiger partial charge in [-0.05, 0) is 24.3 Å². The van der Waals surface area contributed by atoms with Gasteiger partial charge in [0.2, 0.25) is 0 Å². The number of pyridine rings is 1. The number of aromatic nitrogens is 1. The first-order valence-electron chi connectivity index (χ1n) is 6.99. The fourth-order valence-electron chi connectivity index (χ4n) is 2.36. The molecule has 3 rings (SSSR count). The molecular weight excluding hydrogens is 349 g/mol. The fourth-order valence-corrected chi connectivity index (χ4v) is 2.70. The number of carbonyl (C=O) groups is 1. The van der Waals surface area contributed by atoms with Crippen molar-refractivity contribution in [2.45, 2.75) is 0 Å². The summed E-state index contributed by atoms with van der Waals surface area (Å²) in [6, 6.07) is 10.5. The Balaban J connectivity index is 2.21. The molecule has 0 saturated heterocycles. The predicted molar refractivity (Wildman–Crippen MR) is 96.6 cm³/mol. The topological polar surface area (TPSA) is 77.2 Å². The van der Waals surface area contributed by atoms with Crippen LogP contribution < -0.4 is 15.8 Å². The third-order valence-corrected chi connectivity index (χ3v) is 4.37. The SMILES string of the molecule is COc1ccc2c(Nc3cccc(Cl)c3Cl)c(C(N)=O)cnc2c1. The van der Waals surface area contributed by atoms with Gasteiger partial charge in [0, 0.05) is 17.6 Å². The maximum atomic E-state index is 11.8. The summed E-state index contributed by atoms with van der Waals surface area (Å²) in [7, 11) is 1.57. The summed E-state index contributed by atoms with van der Waals surface area (Å²) in [6.45, 7) is 0. The van der Waals surface area contributed by atoms with Crippen LogP contribution in [0.2, 0.25) is 10.0 Å². The molecule has 0 spiro atoms. The Kier molecular flexibility index (Phi) is 4.46. The highest BCUT2D eigenvalue weighted by Crippen LogP contribution is 2.35. The van der Waals surface area contributed by atoms with E-state index in [9.17, 15) is 4.79 Å². The van der Waals surface area contributed by atoms with Crippen LogP contribution in [-0.4, -0.2) is 18.0 Å². The van der Waals surface area contributed by atoms with Gasteiger partial charge < -0.3 is 15.8 Å². The van der Waals surface area contributed by atoms with Crippen LogP contribution in [-0.2, 0) is 0 Å². The lowest BCUT2D eigenvalue weighted by Gasteiger charge is -2.15. The fraction of sp³-hybridized carbons (Fsp3) is 0.0588. The maximum Gasteiger partial charge on any atom is 0.252 e. The Labute approximate surface area is 148 Å². The molecule has 0 saturated carbocycles. The van der Waals surface area contributed by atoms with Crippen LogP contribution in [0.15, 0.2) is 42.6 Å². The second-order valence-corrected chi connectivity index (χ2v) is 5.81. The normalized spacial score (nSPS) is 10.6. The number of primary amides is 1. The first-order chi connectivity index (χ1) is 11.5. The summed E-state index contributed by atoms with van der Waals surface area (Å²) in [4.78, 5) is 16.1. The van der Waals surface area contributed by atoms with Gasteiger partial charge in [-0.1, -0.05) is 29.3 Å². The lowest BCUT2D eigenvalue weighted by molar-refractivity contribution is 0.100. The van der Waals surface area contributed by atoms with E-state index in [4.69, 9.17) is 33.7 Å². The van der Waals surface area contributed by atoms with Crippen LogP contribution in [0.1, 0.15) is 10.4 Å². The average Bonchev–Trinajstić information content (AvgIpc) is 2.58. The Hall–Kier alpha value is -2.50. The Morgan fingerprint density at radius 1 is 1.25 bits per heavy atom. The summed E-state index contributed by atoms with van der Waals surface area (Å²) in [5.74, 6) is 0.0643. The molecule has 24 heavy (non-hydrogen) atoms. The number of ether oxygens (including phenoxy) is 1. The summed E-state index contributed by atoms with van der Waals surface area (Å²) >= 11 is 12.3. The molecule has 7 heteroatoms. The van der Waals surface area contributed by atoms with Gasteiger partial charge in [-0.25, -0.2) is 0 Å². The van der Waals surface area contributed by atoms with Crippen molar-refractivity contribution < 1.29 is 9.53 Å². The number of carbonyl (C=O) groups excluding carboxylic acids is 1. The highest BCUT2D eigenvalue weighted by atomic mass is 35.5. The smallest absolute Gasteiger partial charge is 0.252 e. The molecule has 0 unspecified atom stereocenters. The summed E-state index contributed by atoms with van der Waals surface area (Å²) < 4.78 is 5.20. The van der Waals surface area contributed by atoms with Crippen molar-refractivity contribution in [3.63, 3.8) is 0 Å². The van der Waals surface area contributed by atoms with Gasteiger partial charge in [0.1, 0.15) is 5.75 Å². The van der Waals surface area contributed by atoms with Crippen LogP contribution in [0.5, 0.6) is 5.75 Å². The lowest BCUT2D eigenvalue weighted by atomic mass is 10.1. The zero-order valence-electron chi connectivity index (χ0n) is 12.6. The van der Waals surface area contributed by atoms with E-state index in [1.54, 1.807) is 43.5 Å². The molecule has 0 aliphatic heterocycles. The zero-order valence-corrected chi connectivity index (χ0v) is 14.2. The van der Waals surface area contributed by atoms with Gasteiger partial charge in [0.25, 0.3) is 5.91 Å². The van der Waals surface area contributed by atoms with E-state index in [1.807, 2.05) is 0 Å². The van der Waals surface area contributed by atoms with E-state index >= 15 is 0 Å². The largest absolute Gasteiger partial charge is 0.497 e. The number of anilines is 2. The summed E-state index contributed by atoms with van der Waals surface area (Å²) in [5.41, 5.74) is 7.46. The predicted octanol–water partition coefficient (Wildman–Crippen LogP) is 4.39. The van der Waals surface area contributed by atoms with Gasteiger partial charge in [-0.2, -0.15) is 0 Å². The molecule has 0 aliphatic carbocycles. The summed E-state index contributed by atoms with van der Waals surface area (Å²) in [6.07, 6.45) is 1.42. The average molecular weight is 362 g/mol. The van der Waals surface area contributed by atoms with Crippen molar-refractivity contribution in [3.8, 4) is 5.75 Å². The molecule has 0 fully saturated rings. The van der Waals surface area contributed by atoms with Crippen molar-refractivity contribution >= 4 is 51.4 Å². The van der Waals surface area contributed by atoms with E-state index < -0.39 is 5.91 Å². The molecule has 1 heterocycles. The van der Waals surface area contributed by atoms with Crippen molar-refractivity contribution in [1.82, 2.24) is 4.98 Å². The van der Waals surface area contributed by atoms with E-state index in [2.05, 4.69) is 10.3 Å². The number of rotatable bonds is 4. The van der Waals surface area contributed by atoms with Crippen molar-refractivity contribution in [3.05, 3.63) is 58.2 Å². The van der Waals surface area contributed by atoms with Gasteiger partial charge in [-0.3, -0.25) is 9.78 Å². The number of benzene rings is 2. The highest BCUT2D eigenvalue weighted by molar-refractivity contribution is 6.43.